The zero-order valence-corrected chi connectivity index (χ0v) is 15.8. The molecule has 0 aliphatic heterocycles. The van der Waals surface area contributed by atoms with Gasteiger partial charge in [0, 0.05) is 24.3 Å². The van der Waals surface area contributed by atoms with Gasteiger partial charge in [-0.15, -0.1) is 0 Å². The molecule has 30 heavy (non-hydrogen) atoms. The van der Waals surface area contributed by atoms with Gasteiger partial charge in [0.25, 0.3) is 11.4 Å². The maximum atomic E-state index is 11.0. The van der Waals surface area contributed by atoms with Gasteiger partial charge in [0.05, 0.1) is 9.85 Å². The maximum Gasteiger partial charge on any atom is 0.270 e. The quantitative estimate of drug-likeness (QED) is 0.284. The van der Waals surface area contributed by atoms with Gasteiger partial charge in [-0.3, -0.25) is 20.2 Å². The third kappa shape index (κ3) is 3.93. The molecule has 4 aromatic rings. The molecule has 0 heterocycles. The van der Waals surface area contributed by atoms with E-state index >= 15 is 0 Å². The van der Waals surface area contributed by atoms with Crippen molar-refractivity contribution >= 4 is 11.4 Å². The van der Waals surface area contributed by atoms with Crippen LogP contribution in [0.1, 0.15) is 0 Å². The SMILES string of the molecule is O=[N+]([O-])c1cccc(-c2ccc(-c3ccc(-c4cccc([N+](=O)[O-])c4)cc3)cc2)c1. The Labute approximate surface area is 172 Å². The number of benzene rings is 4. The Balaban J connectivity index is 1.58. The molecule has 0 aliphatic carbocycles. The highest BCUT2D eigenvalue weighted by atomic mass is 16.6. The van der Waals surface area contributed by atoms with E-state index in [0.29, 0.717) is 0 Å². The first-order chi connectivity index (χ1) is 14.5. The van der Waals surface area contributed by atoms with Crippen molar-refractivity contribution in [2.24, 2.45) is 0 Å². The van der Waals surface area contributed by atoms with Crippen molar-refractivity contribution in [3.05, 3.63) is 117 Å². The van der Waals surface area contributed by atoms with E-state index in [0.717, 1.165) is 33.4 Å². The van der Waals surface area contributed by atoms with E-state index in [1.165, 1.54) is 12.1 Å². The second-order valence-corrected chi connectivity index (χ2v) is 6.77. The number of rotatable bonds is 5. The molecule has 0 aliphatic rings. The highest BCUT2D eigenvalue weighted by Crippen LogP contribution is 2.29. The Morgan fingerprint density at radius 2 is 0.733 bits per heavy atom. The molecule has 0 atom stereocenters. The first-order valence-corrected chi connectivity index (χ1v) is 9.21. The van der Waals surface area contributed by atoms with Crippen LogP contribution in [0.3, 0.4) is 0 Å². The number of nitro benzene ring substituents is 2. The summed E-state index contributed by atoms with van der Waals surface area (Å²) in [5, 5.41) is 22.0. The second-order valence-electron chi connectivity index (χ2n) is 6.77. The van der Waals surface area contributed by atoms with Gasteiger partial charge >= 0.3 is 0 Å². The van der Waals surface area contributed by atoms with E-state index in [4.69, 9.17) is 0 Å². The van der Waals surface area contributed by atoms with E-state index in [1.54, 1.807) is 24.3 Å². The summed E-state index contributed by atoms with van der Waals surface area (Å²) in [6.45, 7) is 0. The number of non-ortho nitro benzene ring substituents is 2. The van der Waals surface area contributed by atoms with Crippen LogP contribution >= 0.6 is 0 Å². The van der Waals surface area contributed by atoms with Crippen molar-refractivity contribution in [1.82, 2.24) is 0 Å². The van der Waals surface area contributed by atoms with Gasteiger partial charge in [-0.2, -0.15) is 0 Å². The molecule has 0 saturated carbocycles. The lowest BCUT2D eigenvalue weighted by Crippen LogP contribution is -1.88. The minimum Gasteiger partial charge on any atom is -0.258 e. The summed E-state index contributed by atoms with van der Waals surface area (Å²) >= 11 is 0. The molecule has 0 unspecified atom stereocenters. The van der Waals surface area contributed by atoms with Crippen molar-refractivity contribution in [2.75, 3.05) is 0 Å². The monoisotopic (exact) mass is 396 g/mol. The summed E-state index contributed by atoms with van der Waals surface area (Å²) in [5.74, 6) is 0. The molecule has 0 N–H and O–H groups in total. The Morgan fingerprint density at radius 3 is 1.03 bits per heavy atom. The summed E-state index contributed by atoms with van der Waals surface area (Å²) < 4.78 is 0. The summed E-state index contributed by atoms with van der Waals surface area (Å²) in [6.07, 6.45) is 0. The topological polar surface area (TPSA) is 86.3 Å². The molecular weight excluding hydrogens is 380 g/mol. The predicted molar refractivity (Wildman–Crippen MR) is 116 cm³/mol. The standard InChI is InChI=1S/C24H16N2O4/c27-25(28)23-5-1-3-21(15-23)19-11-7-17(8-12-19)18-9-13-20(14-10-18)22-4-2-6-24(16-22)26(29)30/h1-16H. The minimum atomic E-state index is -0.402. The van der Waals surface area contributed by atoms with E-state index in [-0.39, 0.29) is 11.4 Å². The van der Waals surface area contributed by atoms with Gasteiger partial charge in [0.1, 0.15) is 0 Å². The third-order valence-electron chi connectivity index (χ3n) is 4.88. The van der Waals surface area contributed by atoms with Crippen LogP contribution in [-0.2, 0) is 0 Å². The molecule has 6 nitrogen and oxygen atoms in total. The number of nitro groups is 2. The first kappa shape index (κ1) is 19.0. The third-order valence-corrected chi connectivity index (χ3v) is 4.88. The summed E-state index contributed by atoms with van der Waals surface area (Å²) in [6, 6.07) is 28.7. The minimum absolute atomic E-state index is 0.0633. The highest BCUT2D eigenvalue weighted by Gasteiger charge is 2.09. The van der Waals surface area contributed by atoms with Crippen LogP contribution in [0.15, 0.2) is 97.1 Å². The molecule has 0 amide bonds. The molecule has 0 radical (unpaired) electrons. The zero-order chi connectivity index (χ0) is 21.1. The van der Waals surface area contributed by atoms with Crippen molar-refractivity contribution < 1.29 is 9.85 Å². The molecule has 0 spiro atoms. The van der Waals surface area contributed by atoms with Gasteiger partial charge in [-0.05, 0) is 33.4 Å². The van der Waals surface area contributed by atoms with Gasteiger partial charge in [-0.25, -0.2) is 0 Å². The van der Waals surface area contributed by atoms with Crippen LogP contribution in [0.5, 0.6) is 0 Å². The number of nitrogens with zero attached hydrogens (tertiary/aromatic N) is 2. The van der Waals surface area contributed by atoms with Crippen LogP contribution in [0.2, 0.25) is 0 Å². The molecule has 0 aromatic heterocycles. The normalized spacial score (nSPS) is 10.5. The summed E-state index contributed by atoms with van der Waals surface area (Å²) in [5.41, 5.74) is 5.52. The smallest absolute Gasteiger partial charge is 0.258 e. The zero-order valence-electron chi connectivity index (χ0n) is 15.8. The van der Waals surface area contributed by atoms with Gasteiger partial charge < -0.3 is 0 Å². The maximum absolute atomic E-state index is 11.0. The van der Waals surface area contributed by atoms with Gasteiger partial charge in [0.2, 0.25) is 0 Å². The molecule has 4 rings (SSSR count). The molecule has 0 saturated heterocycles. The fourth-order valence-corrected chi connectivity index (χ4v) is 3.31. The lowest BCUT2D eigenvalue weighted by atomic mass is 9.98. The van der Waals surface area contributed by atoms with E-state index < -0.39 is 9.85 Å². The van der Waals surface area contributed by atoms with Crippen LogP contribution < -0.4 is 0 Å². The fourth-order valence-electron chi connectivity index (χ4n) is 3.31. The summed E-state index contributed by atoms with van der Waals surface area (Å²) in [7, 11) is 0. The molecule has 6 heteroatoms. The van der Waals surface area contributed by atoms with E-state index in [1.807, 2.05) is 60.7 Å². The Bertz CT molecular complexity index is 1130. The van der Waals surface area contributed by atoms with Crippen molar-refractivity contribution in [3.8, 4) is 33.4 Å². The van der Waals surface area contributed by atoms with Crippen LogP contribution in [0.25, 0.3) is 33.4 Å². The highest BCUT2D eigenvalue weighted by molar-refractivity contribution is 5.74. The fraction of sp³-hybridized carbons (Fsp3) is 0. The van der Waals surface area contributed by atoms with E-state index in [2.05, 4.69) is 0 Å². The van der Waals surface area contributed by atoms with Crippen LogP contribution in [0.4, 0.5) is 11.4 Å². The lowest BCUT2D eigenvalue weighted by Gasteiger charge is -2.07. The Hall–Kier alpha value is -4.32. The number of hydrogen-bond acceptors (Lipinski definition) is 4. The van der Waals surface area contributed by atoms with E-state index in [9.17, 15) is 20.2 Å². The van der Waals surface area contributed by atoms with Gasteiger partial charge in [0.15, 0.2) is 0 Å². The molecule has 4 aromatic carbocycles. The first-order valence-electron chi connectivity index (χ1n) is 9.21. The average molecular weight is 396 g/mol. The van der Waals surface area contributed by atoms with Gasteiger partial charge in [-0.1, -0.05) is 72.8 Å². The number of hydrogen-bond donors (Lipinski definition) is 0. The molecule has 146 valence electrons. The average Bonchev–Trinajstić information content (AvgIpc) is 2.79. The largest absolute Gasteiger partial charge is 0.270 e. The van der Waals surface area contributed by atoms with Crippen molar-refractivity contribution in [3.63, 3.8) is 0 Å². The molecule has 0 bridgehead atoms. The Morgan fingerprint density at radius 1 is 0.433 bits per heavy atom. The van der Waals surface area contributed by atoms with Crippen LogP contribution in [-0.4, -0.2) is 9.85 Å². The summed E-state index contributed by atoms with van der Waals surface area (Å²) in [4.78, 5) is 21.2. The van der Waals surface area contributed by atoms with Crippen LogP contribution in [0, 0.1) is 20.2 Å². The lowest BCUT2D eigenvalue weighted by molar-refractivity contribution is -0.385. The Kier molecular flexibility index (Phi) is 5.05. The van der Waals surface area contributed by atoms with Crippen molar-refractivity contribution in [2.45, 2.75) is 0 Å². The van der Waals surface area contributed by atoms with Crippen molar-refractivity contribution in [1.29, 1.82) is 0 Å². The predicted octanol–water partition coefficient (Wildman–Crippen LogP) is 6.50. The molecule has 0 fully saturated rings. The molecular formula is C24H16N2O4. The second kappa shape index (κ2) is 7.97.